The van der Waals surface area contributed by atoms with Gasteiger partial charge in [0.15, 0.2) is 0 Å². The Balaban J connectivity index is 3.99. The third kappa shape index (κ3) is 5.07. The molecule has 0 heterocycles. The van der Waals surface area contributed by atoms with Crippen LogP contribution in [0.3, 0.4) is 0 Å². The third-order valence-corrected chi connectivity index (χ3v) is 1.42. The second kappa shape index (κ2) is 3.01. The predicted octanol–water partition coefficient (Wildman–Crippen LogP) is 2.35. The van der Waals surface area contributed by atoms with Crippen LogP contribution in [0.4, 0.5) is 13.2 Å². The van der Waals surface area contributed by atoms with Crippen molar-refractivity contribution in [3.05, 3.63) is 0 Å². The molecular weight excluding hydrogens is 157 g/mol. The summed E-state index contributed by atoms with van der Waals surface area (Å²) in [5, 5.41) is 9.00. The van der Waals surface area contributed by atoms with Gasteiger partial charge in [0.1, 0.15) is 0 Å². The Morgan fingerprint density at radius 3 is 1.64 bits per heavy atom. The molecule has 4 heteroatoms. The summed E-state index contributed by atoms with van der Waals surface area (Å²) in [7, 11) is 0. The molecule has 0 aromatic carbocycles. The largest absolute Gasteiger partial charge is 0.392 e. The molecule has 1 N–H and O–H groups in total. The van der Waals surface area contributed by atoms with Crippen LogP contribution in [0.15, 0.2) is 0 Å². The van der Waals surface area contributed by atoms with Crippen LogP contribution in [0.5, 0.6) is 0 Å². The second-order valence-corrected chi connectivity index (χ2v) is 3.70. The van der Waals surface area contributed by atoms with E-state index < -0.39 is 24.1 Å². The Morgan fingerprint density at radius 2 is 1.55 bits per heavy atom. The summed E-state index contributed by atoms with van der Waals surface area (Å²) in [6.45, 7) is 4.72. The van der Waals surface area contributed by atoms with E-state index in [1.807, 2.05) is 0 Å². The van der Waals surface area contributed by atoms with Crippen molar-refractivity contribution >= 4 is 0 Å². The number of alkyl halides is 3. The zero-order valence-corrected chi connectivity index (χ0v) is 6.87. The summed E-state index contributed by atoms with van der Waals surface area (Å²) in [6, 6.07) is 0. The SMILES string of the molecule is CC(C)(C)[C@@H](O)CC(F)(F)F. The molecule has 0 bridgehead atoms. The third-order valence-electron chi connectivity index (χ3n) is 1.42. The fraction of sp³-hybridized carbons (Fsp3) is 1.00. The van der Waals surface area contributed by atoms with Crippen LogP contribution in [0, 0.1) is 5.41 Å². The minimum atomic E-state index is -4.27. The maximum Gasteiger partial charge on any atom is 0.391 e. The molecule has 11 heavy (non-hydrogen) atoms. The Hall–Kier alpha value is -0.250. The van der Waals surface area contributed by atoms with Gasteiger partial charge in [-0.3, -0.25) is 0 Å². The van der Waals surface area contributed by atoms with Gasteiger partial charge in [0.2, 0.25) is 0 Å². The second-order valence-electron chi connectivity index (χ2n) is 3.70. The van der Waals surface area contributed by atoms with E-state index in [-0.39, 0.29) is 0 Å². The molecule has 0 aliphatic rings. The van der Waals surface area contributed by atoms with Crippen molar-refractivity contribution in [2.75, 3.05) is 0 Å². The molecular formula is C7H13F3O. The van der Waals surface area contributed by atoms with Crippen LogP contribution < -0.4 is 0 Å². The molecule has 0 unspecified atom stereocenters. The summed E-state index contributed by atoms with van der Waals surface area (Å²) >= 11 is 0. The van der Waals surface area contributed by atoms with Gasteiger partial charge in [-0.2, -0.15) is 13.2 Å². The van der Waals surface area contributed by atoms with Crippen molar-refractivity contribution in [1.29, 1.82) is 0 Å². The lowest BCUT2D eigenvalue weighted by Crippen LogP contribution is -2.31. The van der Waals surface area contributed by atoms with E-state index in [4.69, 9.17) is 5.11 Å². The van der Waals surface area contributed by atoms with Crippen LogP contribution in [0.2, 0.25) is 0 Å². The molecule has 0 aromatic heterocycles. The smallest absolute Gasteiger partial charge is 0.391 e. The molecule has 0 saturated heterocycles. The normalized spacial score (nSPS) is 16.6. The molecule has 0 saturated carbocycles. The minimum absolute atomic E-state index is 0.699. The number of rotatable bonds is 1. The summed E-state index contributed by atoms with van der Waals surface area (Å²) in [5.74, 6) is 0. The fourth-order valence-electron chi connectivity index (χ4n) is 0.525. The van der Waals surface area contributed by atoms with E-state index in [2.05, 4.69) is 0 Å². The number of hydrogen-bond acceptors (Lipinski definition) is 1. The highest BCUT2D eigenvalue weighted by Crippen LogP contribution is 2.30. The summed E-state index contributed by atoms with van der Waals surface area (Å²) in [5.41, 5.74) is -0.699. The summed E-state index contributed by atoms with van der Waals surface area (Å²) < 4.78 is 35.0. The van der Waals surface area contributed by atoms with Crippen molar-refractivity contribution < 1.29 is 18.3 Å². The molecule has 0 radical (unpaired) electrons. The van der Waals surface area contributed by atoms with Crippen molar-refractivity contribution in [2.45, 2.75) is 39.5 Å². The molecule has 0 aliphatic carbocycles. The van der Waals surface area contributed by atoms with Crippen molar-refractivity contribution in [3.8, 4) is 0 Å². The maximum absolute atomic E-state index is 11.7. The van der Waals surface area contributed by atoms with E-state index in [0.29, 0.717) is 0 Å². The van der Waals surface area contributed by atoms with Gasteiger partial charge in [-0.1, -0.05) is 20.8 Å². The lowest BCUT2D eigenvalue weighted by molar-refractivity contribution is -0.164. The lowest BCUT2D eigenvalue weighted by Gasteiger charge is -2.26. The fourth-order valence-corrected chi connectivity index (χ4v) is 0.525. The molecule has 68 valence electrons. The first-order valence-electron chi connectivity index (χ1n) is 3.38. The van der Waals surface area contributed by atoms with Gasteiger partial charge >= 0.3 is 6.18 Å². The Labute approximate surface area is 64.2 Å². The molecule has 1 nitrogen and oxygen atoms in total. The highest BCUT2D eigenvalue weighted by atomic mass is 19.4. The Bertz CT molecular complexity index is 123. The molecule has 0 aromatic rings. The van der Waals surface area contributed by atoms with Gasteiger partial charge in [-0.05, 0) is 5.41 Å². The first kappa shape index (κ1) is 10.8. The Morgan fingerprint density at radius 1 is 1.18 bits per heavy atom. The first-order valence-corrected chi connectivity index (χ1v) is 3.38. The lowest BCUT2D eigenvalue weighted by atomic mass is 9.87. The van der Waals surface area contributed by atoms with Gasteiger partial charge in [0.05, 0.1) is 12.5 Å². The summed E-state index contributed by atoms with van der Waals surface area (Å²) in [6.07, 6.45) is -6.72. The molecule has 0 fully saturated rings. The van der Waals surface area contributed by atoms with Crippen LogP contribution in [0.1, 0.15) is 27.2 Å². The van der Waals surface area contributed by atoms with Gasteiger partial charge in [-0.25, -0.2) is 0 Å². The number of halogens is 3. The molecule has 0 aliphatic heterocycles. The van der Waals surface area contributed by atoms with Gasteiger partial charge < -0.3 is 5.11 Å². The number of hydrogen-bond donors (Lipinski definition) is 1. The average molecular weight is 170 g/mol. The maximum atomic E-state index is 11.7. The Kier molecular flexibility index (Phi) is 2.94. The zero-order valence-electron chi connectivity index (χ0n) is 6.87. The first-order chi connectivity index (χ1) is 4.63. The van der Waals surface area contributed by atoms with E-state index >= 15 is 0 Å². The van der Waals surface area contributed by atoms with Crippen molar-refractivity contribution in [1.82, 2.24) is 0 Å². The van der Waals surface area contributed by atoms with Gasteiger partial charge in [0.25, 0.3) is 0 Å². The molecule has 0 amide bonds. The van der Waals surface area contributed by atoms with Crippen molar-refractivity contribution in [3.63, 3.8) is 0 Å². The monoisotopic (exact) mass is 170 g/mol. The highest BCUT2D eigenvalue weighted by Gasteiger charge is 2.36. The quantitative estimate of drug-likeness (QED) is 0.640. The van der Waals surface area contributed by atoms with Crippen LogP contribution in [-0.2, 0) is 0 Å². The summed E-state index contributed by atoms with van der Waals surface area (Å²) in [4.78, 5) is 0. The highest BCUT2D eigenvalue weighted by molar-refractivity contribution is 4.74. The van der Waals surface area contributed by atoms with E-state index in [9.17, 15) is 13.2 Å². The topological polar surface area (TPSA) is 20.2 Å². The molecule has 1 atom stereocenters. The van der Waals surface area contributed by atoms with Crippen molar-refractivity contribution in [2.24, 2.45) is 5.41 Å². The molecule has 0 rings (SSSR count). The van der Waals surface area contributed by atoms with Gasteiger partial charge in [-0.15, -0.1) is 0 Å². The minimum Gasteiger partial charge on any atom is -0.392 e. The van der Waals surface area contributed by atoms with Crippen LogP contribution >= 0.6 is 0 Å². The molecule has 0 spiro atoms. The van der Waals surface area contributed by atoms with E-state index in [1.165, 1.54) is 0 Å². The number of aliphatic hydroxyl groups is 1. The zero-order chi connectivity index (χ0) is 9.28. The van der Waals surface area contributed by atoms with E-state index in [1.54, 1.807) is 20.8 Å². The van der Waals surface area contributed by atoms with Crippen LogP contribution in [-0.4, -0.2) is 17.4 Å². The van der Waals surface area contributed by atoms with Crippen LogP contribution in [0.25, 0.3) is 0 Å². The number of aliphatic hydroxyl groups excluding tert-OH is 1. The predicted molar refractivity (Wildman–Crippen MR) is 36.1 cm³/mol. The average Bonchev–Trinajstić information content (AvgIpc) is 1.56. The van der Waals surface area contributed by atoms with Gasteiger partial charge in [0, 0.05) is 0 Å². The standard InChI is InChI=1S/C7H13F3O/c1-6(2,3)5(11)4-7(8,9)10/h5,11H,4H2,1-3H3/t5-/m0/s1. The van der Waals surface area contributed by atoms with E-state index in [0.717, 1.165) is 0 Å².